The monoisotopic (exact) mass is 1380 g/mol. The molecule has 17 nitrogen and oxygen atoms in total. The molecule has 0 aromatic rings. The van der Waals surface area contributed by atoms with Gasteiger partial charge in [-0.1, -0.05) is 337 Å². The minimum Gasteiger partial charge on any atom is -0.462 e. The van der Waals surface area contributed by atoms with Crippen molar-refractivity contribution >= 4 is 39.5 Å². The van der Waals surface area contributed by atoms with E-state index in [0.29, 0.717) is 31.6 Å². The van der Waals surface area contributed by atoms with Gasteiger partial charge >= 0.3 is 39.5 Å². The summed E-state index contributed by atoms with van der Waals surface area (Å²) in [6.07, 6.45) is 54.2. The number of carbonyl (C=O) groups excluding carboxylic acids is 4. The van der Waals surface area contributed by atoms with Crippen molar-refractivity contribution in [2.75, 3.05) is 39.6 Å². The van der Waals surface area contributed by atoms with Crippen molar-refractivity contribution in [1.82, 2.24) is 0 Å². The Morgan fingerprint density at radius 1 is 0.287 bits per heavy atom. The van der Waals surface area contributed by atoms with E-state index >= 15 is 0 Å². The molecule has 0 heterocycles. The number of aliphatic hydroxyl groups excluding tert-OH is 1. The zero-order valence-corrected chi connectivity index (χ0v) is 63.1. The van der Waals surface area contributed by atoms with E-state index in [0.717, 1.165) is 95.8 Å². The summed E-state index contributed by atoms with van der Waals surface area (Å²) < 4.78 is 68.4. The standard InChI is InChI=1S/C75H146O17P2/c1-7-9-11-13-15-17-19-20-21-22-23-24-27-31-35-41-47-53-59-74(79)91-70(63-86-73(78)58-52-46-40-34-30-28-25-26-29-32-37-43-49-55-67(3)4)65-89-93(81,82)87-61-69(76)62-88-94(83,84)90-66-71(92-75(80)60-54-48-42-36-38-44-50-56-68(5)6)64-85-72(77)57-51-45-39-33-18-16-14-12-10-8-2/h67-71,76H,7-66H2,1-6H3,(H,81,82)(H,83,84)/t69-,70-,71-/m1/s1. The third kappa shape index (κ3) is 68.6. The molecule has 0 saturated carbocycles. The van der Waals surface area contributed by atoms with Crippen molar-refractivity contribution in [3.63, 3.8) is 0 Å². The Bertz CT molecular complexity index is 1820. The lowest BCUT2D eigenvalue weighted by atomic mass is 10.0. The van der Waals surface area contributed by atoms with Crippen molar-refractivity contribution in [3.05, 3.63) is 0 Å². The van der Waals surface area contributed by atoms with E-state index in [1.54, 1.807) is 0 Å². The molecule has 0 aromatic heterocycles. The highest BCUT2D eigenvalue weighted by Gasteiger charge is 2.30. The van der Waals surface area contributed by atoms with Crippen LogP contribution in [0.1, 0.15) is 388 Å². The van der Waals surface area contributed by atoms with Crippen LogP contribution in [0.5, 0.6) is 0 Å². The van der Waals surface area contributed by atoms with Crippen LogP contribution in [-0.2, 0) is 65.4 Å². The number of unbranched alkanes of at least 4 members (excludes halogenated alkanes) is 44. The minimum absolute atomic E-state index is 0.104. The highest BCUT2D eigenvalue weighted by molar-refractivity contribution is 7.47. The summed E-state index contributed by atoms with van der Waals surface area (Å²) in [7, 11) is -9.91. The molecular formula is C75H146O17P2. The molecule has 0 rings (SSSR count). The molecule has 19 heteroatoms. The summed E-state index contributed by atoms with van der Waals surface area (Å²) in [5.41, 5.74) is 0. The SMILES string of the molecule is CCCCCCCCCCCCCCCCCCCCC(=O)O[C@H](COC(=O)CCCCCCCCCCCCCCCC(C)C)COP(=O)(O)OC[C@@H](O)COP(=O)(O)OC[C@@H](COC(=O)CCCCCCCCCCCC)OC(=O)CCCCCCCCCC(C)C. The molecule has 0 aliphatic heterocycles. The van der Waals surface area contributed by atoms with Gasteiger partial charge < -0.3 is 33.8 Å². The number of hydrogen-bond acceptors (Lipinski definition) is 15. The summed E-state index contributed by atoms with van der Waals surface area (Å²) in [5.74, 6) is -0.632. The van der Waals surface area contributed by atoms with Gasteiger partial charge in [0, 0.05) is 25.7 Å². The summed E-state index contributed by atoms with van der Waals surface area (Å²) in [6.45, 7) is 9.54. The van der Waals surface area contributed by atoms with Crippen LogP contribution in [0.2, 0.25) is 0 Å². The van der Waals surface area contributed by atoms with Crippen LogP contribution >= 0.6 is 15.6 Å². The molecule has 0 amide bonds. The Labute approximate surface area is 575 Å². The smallest absolute Gasteiger partial charge is 0.462 e. The number of esters is 4. The van der Waals surface area contributed by atoms with E-state index in [2.05, 4.69) is 41.5 Å². The maximum Gasteiger partial charge on any atom is 0.472 e. The van der Waals surface area contributed by atoms with Gasteiger partial charge in [0.15, 0.2) is 12.2 Å². The first-order chi connectivity index (χ1) is 45.4. The minimum atomic E-state index is -4.96. The molecule has 0 aliphatic carbocycles. The second kappa shape index (κ2) is 66.9. The average Bonchev–Trinajstić information content (AvgIpc) is 1.76. The zero-order chi connectivity index (χ0) is 69.3. The molecule has 0 aliphatic rings. The van der Waals surface area contributed by atoms with Gasteiger partial charge in [-0.15, -0.1) is 0 Å². The molecule has 0 spiro atoms. The Morgan fingerprint density at radius 2 is 0.489 bits per heavy atom. The Hall–Kier alpha value is -1.94. The van der Waals surface area contributed by atoms with Crippen LogP contribution in [0, 0.1) is 11.8 Å². The molecule has 0 bridgehead atoms. The lowest BCUT2D eigenvalue weighted by molar-refractivity contribution is -0.161. The fourth-order valence-electron chi connectivity index (χ4n) is 11.5. The van der Waals surface area contributed by atoms with Gasteiger partial charge in [0.25, 0.3) is 0 Å². The quantitative estimate of drug-likeness (QED) is 0.0222. The summed E-state index contributed by atoms with van der Waals surface area (Å²) in [5, 5.41) is 10.6. The predicted molar refractivity (Wildman–Crippen MR) is 381 cm³/mol. The molecular weight excluding hydrogens is 1230 g/mol. The molecule has 0 saturated heterocycles. The molecule has 0 fully saturated rings. The molecule has 94 heavy (non-hydrogen) atoms. The number of hydrogen-bond donors (Lipinski definition) is 3. The number of ether oxygens (including phenoxy) is 4. The lowest BCUT2D eigenvalue weighted by Crippen LogP contribution is -2.30. The molecule has 3 N–H and O–H groups in total. The molecule has 0 radical (unpaired) electrons. The molecule has 0 aromatic carbocycles. The maximum absolute atomic E-state index is 13.1. The second-order valence-corrected chi connectivity index (χ2v) is 30.9. The number of phosphoric ester groups is 2. The van der Waals surface area contributed by atoms with Gasteiger partial charge in [-0.3, -0.25) is 37.3 Å². The number of rotatable bonds is 74. The fourth-order valence-corrected chi connectivity index (χ4v) is 13.1. The first-order valence-corrected chi connectivity index (χ1v) is 42.0. The van der Waals surface area contributed by atoms with Crippen LogP contribution in [0.3, 0.4) is 0 Å². The Balaban J connectivity index is 5.22. The van der Waals surface area contributed by atoms with Gasteiger partial charge in [-0.05, 0) is 37.5 Å². The van der Waals surface area contributed by atoms with E-state index in [4.69, 9.17) is 37.0 Å². The highest BCUT2D eigenvalue weighted by atomic mass is 31.2. The van der Waals surface area contributed by atoms with Gasteiger partial charge in [0.2, 0.25) is 0 Å². The topological polar surface area (TPSA) is 237 Å². The van der Waals surface area contributed by atoms with Gasteiger partial charge in [0.05, 0.1) is 26.4 Å². The van der Waals surface area contributed by atoms with E-state index < -0.39 is 97.5 Å². The molecule has 2 unspecified atom stereocenters. The van der Waals surface area contributed by atoms with E-state index in [1.165, 1.54) is 205 Å². The third-order valence-electron chi connectivity index (χ3n) is 17.5. The van der Waals surface area contributed by atoms with Crippen molar-refractivity contribution in [2.45, 2.75) is 407 Å². The molecule has 558 valence electrons. The first-order valence-electron chi connectivity index (χ1n) is 39.0. The fraction of sp³-hybridized carbons (Fsp3) is 0.947. The lowest BCUT2D eigenvalue weighted by Gasteiger charge is -2.21. The van der Waals surface area contributed by atoms with Crippen LogP contribution in [0.4, 0.5) is 0 Å². The summed E-state index contributed by atoms with van der Waals surface area (Å²) in [6, 6.07) is 0. The summed E-state index contributed by atoms with van der Waals surface area (Å²) in [4.78, 5) is 72.7. The number of aliphatic hydroxyl groups is 1. The van der Waals surface area contributed by atoms with Crippen LogP contribution in [0.25, 0.3) is 0 Å². The number of phosphoric acid groups is 2. The highest BCUT2D eigenvalue weighted by Crippen LogP contribution is 2.45. The Morgan fingerprint density at radius 3 is 0.723 bits per heavy atom. The number of carbonyl (C=O) groups is 4. The largest absolute Gasteiger partial charge is 0.472 e. The van der Waals surface area contributed by atoms with Crippen molar-refractivity contribution in [3.8, 4) is 0 Å². The van der Waals surface area contributed by atoms with Crippen molar-refractivity contribution < 1.29 is 80.2 Å². The second-order valence-electron chi connectivity index (χ2n) is 28.0. The van der Waals surface area contributed by atoms with Gasteiger partial charge in [-0.2, -0.15) is 0 Å². The Kier molecular flexibility index (Phi) is 65.5. The van der Waals surface area contributed by atoms with Crippen LogP contribution < -0.4 is 0 Å². The normalized spacial score (nSPS) is 14.0. The van der Waals surface area contributed by atoms with Gasteiger partial charge in [-0.25, -0.2) is 9.13 Å². The third-order valence-corrected chi connectivity index (χ3v) is 19.4. The predicted octanol–water partition coefficient (Wildman–Crippen LogP) is 21.9. The summed E-state index contributed by atoms with van der Waals surface area (Å²) >= 11 is 0. The van der Waals surface area contributed by atoms with Crippen LogP contribution in [0.15, 0.2) is 0 Å². The van der Waals surface area contributed by atoms with E-state index in [9.17, 15) is 43.2 Å². The van der Waals surface area contributed by atoms with Crippen molar-refractivity contribution in [1.29, 1.82) is 0 Å². The van der Waals surface area contributed by atoms with Gasteiger partial charge in [0.1, 0.15) is 19.3 Å². The first kappa shape index (κ1) is 92.1. The van der Waals surface area contributed by atoms with E-state index in [-0.39, 0.29) is 25.7 Å². The zero-order valence-electron chi connectivity index (χ0n) is 61.3. The maximum atomic E-state index is 13.1. The van der Waals surface area contributed by atoms with Crippen molar-refractivity contribution in [2.24, 2.45) is 11.8 Å². The average molecular weight is 1380 g/mol. The van der Waals surface area contributed by atoms with E-state index in [1.807, 2.05) is 0 Å². The molecule has 5 atom stereocenters. The van der Waals surface area contributed by atoms with Crippen LogP contribution in [-0.4, -0.2) is 96.7 Å².